The number of nitrogens with one attached hydrogen (secondary N) is 2. The normalized spacial score (nSPS) is 15.4. The lowest BCUT2D eigenvalue weighted by Crippen LogP contribution is -2.46. The number of morpholine rings is 1. The van der Waals surface area contributed by atoms with Crippen LogP contribution in [-0.2, 0) is 16.1 Å². The lowest BCUT2D eigenvalue weighted by atomic mass is 10.1. The number of aryl methyl sites for hydroxylation is 1. The number of carbonyl (C=O) groups excluding carboxylic acids is 1. The molecule has 1 saturated heterocycles. The highest BCUT2D eigenvalue weighted by Crippen LogP contribution is 2.22. The summed E-state index contributed by atoms with van der Waals surface area (Å²) in [6.45, 7) is 8.08. The molecule has 0 aliphatic carbocycles. The van der Waals surface area contributed by atoms with Crippen LogP contribution in [0.15, 0.2) is 28.1 Å². The quantitative estimate of drug-likeness (QED) is 0.383. The van der Waals surface area contributed by atoms with E-state index < -0.39 is 0 Å². The fourth-order valence-corrected chi connectivity index (χ4v) is 3.49. The van der Waals surface area contributed by atoms with Crippen molar-refractivity contribution in [3.8, 4) is 0 Å². The van der Waals surface area contributed by atoms with Gasteiger partial charge >= 0.3 is 0 Å². The Balaban J connectivity index is 1.97. The lowest BCUT2D eigenvalue weighted by molar-refractivity contribution is -0.127. The molecule has 1 amide bonds. The van der Waals surface area contributed by atoms with Crippen molar-refractivity contribution in [3.63, 3.8) is 0 Å². The van der Waals surface area contributed by atoms with Gasteiger partial charge in [0.25, 0.3) is 0 Å². The van der Waals surface area contributed by atoms with E-state index in [0.717, 1.165) is 39.4 Å². The van der Waals surface area contributed by atoms with Gasteiger partial charge in [-0.05, 0) is 30.4 Å². The maximum Gasteiger partial charge on any atom is 0.241 e. The number of carbonyl (C=O) groups is 1. The van der Waals surface area contributed by atoms with Crippen molar-refractivity contribution in [2.24, 2.45) is 4.99 Å². The molecule has 1 aliphatic rings. The van der Waals surface area contributed by atoms with Gasteiger partial charge in [0.2, 0.25) is 5.91 Å². The van der Waals surface area contributed by atoms with Crippen molar-refractivity contribution < 1.29 is 9.53 Å². The minimum atomic E-state index is 0.0165. The number of thioether (sulfide) groups is 1. The van der Waals surface area contributed by atoms with Crippen LogP contribution in [-0.4, -0.2) is 88.0 Å². The summed E-state index contributed by atoms with van der Waals surface area (Å²) >= 11 is 1.73. The summed E-state index contributed by atoms with van der Waals surface area (Å²) < 4.78 is 5.39. The molecule has 2 rings (SSSR count). The summed E-state index contributed by atoms with van der Waals surface area (Å²) in [4.78, 5) is 21.8. The SMILES string of the molecule is CSc1cc(C)ccc1CN=C(NCCN1CCOCC1)NCC(=O)N(C)C. The number of benzene rings is 1. The molecule has 28 heavy (non-hydrogen) atoms. The van der Waals surface area contributed by atoms with Gasteiger partial charge in [-0.2, -0.15) is 0 Å². The van der Waals surface area contributed by atoms with Crippen LogP contribution in [0, 0.1) is 6.92 Å². The highest BCUT2D eigenvalue weighted by atomic mass is 32.2. The fraction of sp³-hybridized carbons (Fsp3) is 0.600. The Morgan fingerprint density at radius 2 is 2.04 bits per heavy atom. The third kappa shape index (κ3) is 7.69. The van der Waals surface area contributed by atoms with E-state index in [1.807, 2.05) is 0 Å². The number of aliphatic imine (C=N–C) groups is 1. The first-order valence-corrected chi connectivity index (χ1v) is 10.9. The molecule has 1 aromatic carbocycles. The Morgan fingerprint density at radius 3 is 2.71 bits per heavy atom. The zero-order valence-corrected chi connectivity index (χ0v) is 18.3. The number of amides is 1. The average molecular weight is 408 g/mol. The number of guanidine groups is 1. The van der Waals surface area contributed by atoms with Crippen molar-refractivity contribution in [1.29, 1.82) is 0 Å². The van der Waals surface area contributed by atoms with Crippen LogP contribution in [0.1, 0.15) is 11.1 Å². The molecule has 0 aromatic heterocycles. The van der Waals surface area contributed by atoms with Gasteiger partial charge in [-0.25, -0.2) is 4.99 Å². The highest BCUT2D eigenvalue weighted by Gasteiger charge is 2.11. The van der Waals surface area contributed by atoms with Crippen LogP contribution in [0.5, 0.6) is 0 Å². The minimum Gasteiger partial charge on any atom is -0.379 e. The van der Waals surface area contributed by atoms with Crippen molar-refractivity contribution in [3.05, 3.63) is 29.3 Å². The van der Waals surface area contributed by atoms with Gasteiger partial charge in [0, 0.05) is 45.2 Å². The number of nitrogens with zero attached hydrogens (tertiary/aromatic N) is 3. The van der Waals surface area contributed by atoms with E-state index in [9.17, 15) is 4.79 Å². The fourth-order valence-electron chi connectivity index (χ4n) is 2.80. The van der Waals surface area contributed by atoms with E-state index in [0.29, 0.717) is 12.5 Å². The Kier molecular flexibility index (Phi) is 9.60. The number of hydrogen-bond donors (Lipinski definition) is 2. The van der Waals surface area contributed by atoms with E-state index in [1.165, 1.54) is 16.0 Å². The zero-order valence-electron chi connectivity index (χ0n) is 17.5. The van der Waals surface area contributed by atoms with Gasteiger partial charge in [-0.1, -0.05) is 12.1 Å². The predicted octanol–water partition coefficient (Wildman–Crippen LogP) is 1.17. The van der Waals surface area contributed by atoms with Gasteiger partial charge in [-0.3, -0.25) is 9.69 Å². The zero-order chi connectivity index (χ0) is 20.4. The van der Waals surface area contributed by atoms with Crippen LogP contribution >= 0.6 is 11.8 Å². The lowest BCUT2D eigenvalue weighted by Gasteiger charge is -2.26. The number of rotatable bonds is 8. The molecular weight excluding hydrogens is 374 g/mol. The van der Waals surface area contributed by atoms with Crippen LogP contribution in [0.4, 0.5) is 0 Å². The van der Waals surface area contributed by atoms with E-state index in [2.05, 4.69) is 46.9 Å². The molecule has 0 saturated carbocycles. The predicted molar refractivity (Wildman–Crippen MR) is 116 cm³/mol. The Bertz CT molecular complexity index is 660. The topological polar surface area (TPSA) is 69.2 Å². The first-order chi connectivity index (χ1) is 13.5. The second-order valence-electron chi connectivity index (χ2n) is 7.00. The monoisotopic (exact) mass is 407 g/mol. The molecule has 0 radical (unpaired) electrons. The Labute approximate surface area is 172 Å². The van der Waals surface area contributed by atoms with E-state index >= 15 is 0 Å². The summed E-state index contributed by atoms with van der Waals surface area (Å²) in [6, 6.07) is 6.42. The largest absolute Gasteiger partial charge is 0.379 e. The van der Waals surface area contributed by atoms with Crippen LogP contribution < -0.4 is 10.6 Å². The van der Waals surface area contributed by atoms with Gasteiger partial charge in [0.15, 0.2) is 5.96 Å². The van der Waals surface area contributed by atoms with Crippen molar-refractivity contribution in [2.45, 2.75) is 18.4 Å². The molecule has 8 heteroatoms. The average Bonchev–Trinajstić information content (AvgIpc) is 2.70. The van der Waals surface area contributed by atoms with Crippen molar-refractivity contribution >= 4 is 23.6 Å². The first kappa shape index (κ1) is 22.5. The molecule has 7 nitrogen and oxygen atoms in total. The molecule has 1 fully saturated rings. The molecule has 2 N–H and O–H groups in total. The molecule has 0 bridgehead atoms. The Hall–Kier alpha value is -1.77. The summed E-state index contributed by atoms with van der Waals surface area (Å²) in [5, 5.41) is 6.51. The van der Waals surface area contributed by atoms with Crippen molar-refractivity contribution in [2.75, 3.05) is 66.3 Å². The summed E-state index contributed by atoms with van der Waals surface area (Å²) in [6.07, 6.45) is 2.08. The van der Waals surface area contributed by atoms with E-state index in [-0.39, 0.29) is 12.5 Å². The van der Waals surface area contributed by atoms with E-state index in [1.54, 1.807) is 30.8 Å². The van der Waals surface area contributed by atoms with Gasteiger partial charge in [-0.15, -0.1) is 11.8 Å². The summed E-state index contributed by atoms with van der Waals surface area (Å²) in [5.74, 6) is 0.680. The molecular formula is C20H33N5O2S. The smallest absolute Gasteiger partial charge is 0.241 e. The summed E-state index contributed by atoms with van der Waals surface area (Å²) in [5.41, 5.74) is 2.43. The molecule has 1 aromatic rings. The van der Waals surface area contributed by atoms with Gasteiger partial charge in [0.1, 0.15) is 0 Å². The Morgan fingerprint density at radius 1 is 1.29 bits per heavy atom. The standard InChI is InChI=1S/C20H33N5O2S/c1-16-5-6-17(18(13-16)28-4)14-22-20(23-15-19(26)24(2)3)21-7-8-25-9-11-27-12-10-25/h5-6,13H,7-12,14-15H2,1-4H3,(H2,21,22,23). The third-order valence-corrected chi connectivity index (χ3v) is 5.40. The van der Waals surface area contributed by atoms with Gasteiger partial charge < -0.3 is 20.3 Å². The summed E-state index contributed by atoms with van der Waals surface area (Å²) in [7, 11) is 3.51. The molecule has 156 valence electrons. The number of ether oxygens (including phenoxy) is 1. The maximum absolute atomic E-state index is 11.9. The third-order valence-electron chi connectivity index (χ3n) is 4.58. The molecule has 0 atom stereocenters. The second kappa shape index (κ2) is 11.9. The minimum absolute atomic E-state index is 0.0165. The highest BCUT2D eigenvalue weighted by molar-refractivity contribution is 7.98. The maximum atomic E-state index is 11.9. The van der Waals surface area contributed by atoms with E-state index in [4.69, 9.17) is 9.73 Å². The van der Waals surface area contributed by atoms with Gasteiger partial charge in [0.05, 0.1) is 26.3 Å². The van der Waals surface area contributed by atoms with Crippen LogP contribution in [0.3, 0.4) is 0 Å². The van der Waals surface area contributed by atoms with Crippen LogP contribution in [0.2, 0.25) is 0 Å². The van der Waals surface area contributed by atoms with Crippen LogP contribution in [0.25, 0.3) is 0 Å². The molecule has 0 unspecified atom stereocenters. The van der Waals surface area contributed by atoms with Crippen molar-refractivity contribution in [1.82, 2.24) is 20.4 Å². The second-order valence-corrected chi connectivity index (χ2v) is 7.85. The number of likely N-dealkylation sites (N-methyl/N-ethyl adjacent to an activating group) is 1. The molecule has 0 spiro atoms. The molecule has 1 heterocycles. The number of hydrogen-bond acceptors (Lipinski definition) is 5. The molecule has 1 aliphatic heterocycles. The first-order valence-electron chi connectivity index (χ1n) is 9.65.